The normalized spacial score (nSPS) is 20.3. The van der Waals surface area contributed by atoms with E-state index in [1.54, 1.807) is 0 Å². The number of amides is 1. The number of nitrogens with two attached hydrogens (primary N) is 1. The molecule has 4 nitrogen and oxygen atoms in total. The zero-order valence-corrected chi connectivity index (χ0v) is 13.5. The van der Waals surface area contributed by atoms with E-state index < -0.39 is 0 Å². The monoisotopic (exact) mass is 290 g/mol. The maximum atomic E-state index is 12.5. The molecule has 1 amide bonds. The molecule has 1 aromatic rings. The topological polar surface area (TPSA) is 55.6 Å². The van der Waals surface area contributed by atoms with Crippen molar-refractivity contribution in [2.24, 2.45) is 5.73 Å². The fourth-order valence-corrected chi connectivity index (χ4v) is 3.04. The molecular formula is C17H26N2O2. The van der Waals surface area contributed by atoms with Crippen molar-refractivity contribution < 1.29 is 9.53 Å². The molecular weight excluding hydrogens is 264 g/mol. The summed E-state index contributed by atoms with van der Waals surface area (Å²) in [6.07, 6.45) is 0.428. The molecule has 1 saturated heterocycles. The molecule has 0 unspecified atom stereocenters. The summed E-state index contributed by atoms with van der Waals surface area (Å²) in [6.45, 7) is 9.93. The number of carbonyl (C=O) groups is 1. The van der Waals surface area contributed by atoms with Gasteiger partial charge in [0.2, 0.25) is 5.91 Å². The van der Waals surface area contributed by atoms with E-state index in [1.807, 2.05) is 56.9 Å². The van der Waals surface area contributed by atoms with Crippen LogP contribution in [0.3, 0.4) is 0 Å². The lowest BCUT2D eigenvalue weighted by Crippen LogP contribution is -2.58. The summed E-state index contributed by atoms with van der Waals surface area (Å²) in [5, 5.41) is 0. The van der Waals surface area contributed by atoms with Gasteiger partial charge in [-0.05, 0) is 38.8 Å². The van der Waals surface area contributed by atoms with E-state index in [0.29, 0.717) is 26.1 Å². The smallest absolute Gasteiger partial charge is 0.227 e. The lowest BCUT2D eigenvalue weighted by Gasteiger charge is -2.47. The van der Waals surface area contributed by atoms with Gasteiger partial charge in [-0.1, -0.05) is 24.3 Å². The second-order valence-electron chi connectivity index (χ2n) is 7.07. The Balaban J connectivity index is 2.05. The Kier molecular flexibility index (Phi) is 4.40. The first-order chi connectivity index (χ1) is 9.71. The Morgan fingerprint density at radius 2 is 1.57 bits per heavy atom. The minimum absolute atomic E-state index is 0.153. The fourth-order valence-electron chi connectivity index (χ4n) is 3.04. The van der Waals surface area contributed by atoms with Crippen molar-refractivity contribution in [3.8, 4) is 0 Å². The number of ether oxygens (including phenoxy) is 1. The summed E-state index contributed by atoms with van der Waals surface area (Å²) < 4.78 is 6.01. The maximum absolute atomic E-state index is 12.5. The molecule has 0 spiro atoms. The van der Waals surface area contributed by atoms with E-state index in [0.717, 1.165) is 11.1 Å². The average molecular weight is 290 g/mol. The zero-order valence-electron chi connectivity index (χ0n) is 13.5. The molecule has 0 bridgehead atoms. The maximum Gasteiger partial charge on any atom is 0.227 e. The van der Waals surface area contributed by atoms with Gasteiger partial charge in [0.05, 0.1) is 17.6 Å². The van der Waals surface area contributed by atoms with Gasteiger partial charge in [-0.15, -0.1) is 0 Å². The number of benzene rings is 1. The first-order valence-electron chi connectivity index (χ1n) is 7.47. The molecule has 1 aromatic carbocycles. The van der Waals surface area contributed by atoms with Crippen LogP contribution < -0.4 is 5.73 Å². The van der Waals surface area contributed by atoms with Gasteiger partial charge in [0.15, 0.2) is 0 Å². The Labute approximate surface area is 127 Å². The molecule has 1 heterocycles. The van der Waals surface area contributed by atoms with E-state index in [9.17, 15) is 4.79 Å². The third-order valence-corrected chi connectivity index (χ3v) is 3.66. The lowest BCUT2D eigenvalue weighted by atomic mass is 9.98. The van der Waals surface area contributed by atoms with Gasteiger partial charge in [0.25, 0.3) is 0 Å². The highest BCUT2D eigenvalue weighted by Crippen LogP contribution is 2.28. The number of hydrogen-bond donors (Lipinski definition) is 1. The third kappa shape index (κ3) is 4.29. The SMILES string of the molecule is CC1(C)CN(C(=O)Cc2ccc(CN)cc2)CC(C)(C)O1. The first kappa shape index (κ1) is 16.0. The predicted molar refractivity (Wildman–Crippen MR) is 83.9 cm³/mol. The van der Waals surface area contributed by atoms with Gasteiger partial charge in [-0.2, -0.15) is 0 Å². The van der Waals surface area contributed by atoms with Gasteiger partial charge >= 0.3 is 0 Å². The van der Waals surface area contributed by atoms with Crippen LogP contribution in [0, 0.1) is 0 Å². The molecule has 0 atom stereocenters. The van der Waals surface area contributed by atoms with Crippen LogP contribution in [0.4, 0.5) is 0 Å². The molecule has 116 valence electrons. The van der Waals surface area contributed by atoms with Crippen LogP contribution >= 0.6 is 0 Å². The van der Waals surface area contributed by atoms with E-state index >= 15 is 0 Å². The second kappa shape index (κ2) is 5.78. The number of morpholine rings is 1. The largest absolute Gasteiger partial charge is 0.366 e. The summed E-state index contributed by atoms with van der Waals surface area (Å²) >= 11 is 0. The van der Waals surface area contributed by atoms with E-state index in [2.05, 4.69) is 0 Å². The summed E-state index contributed by atoms with van der Waals surface area (Å²) in [6, 6.07) is 7.93. The molecule has 2 N–H and O–H groups in total. The minimum atomic E-state index is -0.305. The molecule has 21 heavy (non-hydrogen) atoms. The molecule has 0 aliphatic carbocycles. The fraction of sp³-hybridized carbons (Fsp3) is 0.588. The standard InChI is InChI=1S/C17H26N2O2/c1-16(2)11-19(12-17(3,4)21-16)15(20)9-13-5-7-14(10-18)8-6-13/h5-8H,9-12,18H2,1-4H3. The van der Waals surface area contributed by atoms with Crippen LogP contribution in [-0.2, 0) is 22.5 Å². The summed E-state index contributed by atoms with van der Waals surface area (Å²) in [5.41, 5.74) is 7.09. The highest BCUT2D eigenvalue weighted by Gasteiger charge is 2.39. The Morgan fingerprint density at radius 1 is 1.10 bits per heavy atom. The Morgan fingerprint density at radius 3 is 2.05 bits per heavy atom. The molecule has 4 heteroatoms. The molecule has 0 aromatic heterocycles. The summed E-state index contributed by atoms with van der Waals surface area (Å²) in [5.74, 6) is 0.153. The quantitative estimate of drug-likeness (QED) is 0.927. The van der Waals surface area contributed by atoms with E-state index in [-0.39, 0.29) is 17.1 Å². The number of rotatable bonds is 3. The van der Waals surface area contributed by atoms with Crippen molar-refractivity contribution in [1.82, 2.24) is 4.90 Å². The molecule has 1 fully saturated rings. The van der Waals surface area contributed by atoms with Gasteiger partial charge in [-0.3, -0.25) is 4.79 Å². The van der Waals surface area contributed by atoms with Gasteiger partial charge in [0, 0.05) is 19.6 Å². The van der Waals surface area contributed by atoms with Crippen LogP contribution in [0.5, 0.6) is 0 Å². The van der Waals surface area contributed by atoms with Gasteiger partial charge < -0.3 is 15.4 Å². The molecule has 0 radical (unpaired) electrons. The van der Waals surface area contributed by atoms with Gasteiger partial charge in [-0.25, -0.2) is 0 Å². The number of hydrogen-bond acceptors (Lipinski definition) is 3. The van der Waals surface area contributed by atoms with Crippen LogP contribution in [0.1, 0.15) is 38.8 Å². The van der Waals surface area contributed by atoms with Crippen molar-refractivity contribution in [2.75, 3.05) is 13.1 Å². The molecule has 0 saturated carbocycles. The number of nitrogens with zero attached hydrogens (tertiary/aromatic N) is 1. The average Bonchev–Trinajstić information content (AvgIpc) is 2.36. The summed E-state index contributed by atoms with van der Waals surface area (Å²) in [7, 11) is 0. The number of carbonyl (C=O) groups excluding carboxylic acids is 1. The predicted octanol–water partition coefficient (Wildman–Crippen LogP) is 2.10. The van der Waals surface area contributed by atoms with Crippen molar-refractivity contribution in [2.45, 2.75) is 51.9 Å². The lowest BCUT2D eigenvalue weighted by molar-refractivity contribution is -0.187. The van der Waals surface area contributed by atoms with Crippen LogP contribution in [0.15, 0.2) is 24.3 Å². The van der Waals surface area contributed by atoms with Crippen LogP contribution in [0.25, 0.3) is 0 Å². The van der Waals surface area contributed by atoms with Crippen molar-refractivity contribution in [3.63, 3.8) is 0 Å². The van der Waals surface area contributed by atoms with Gasteiger partial charge in [0.1, 0.15) is 0 Å². The van der Waals surface area contributed by atoms with Crippen molar-refractivity contribution in [1.29, 1.82) is 0 Å². The van der Waals surface area contributed by atoms with Crippen molar-refractivity contribution in [3.05, 3.63) is 35.4 Å². The van der Waals surface area contributed by atoms with Crippen LogP contribution in [-0.4, -0.2) is 35.1 Å². The molecule has 1 aliphatic heterocycles. The molecule has 2 rings (SSSR count). The van der Waals surface area contributed by atoms with Crippen molar-refractivity contribution >= 4 is 5.91 Å². The van der Waals surface area contributed by atoms with E-state index in [1.165, 1.54) is 0 Å². The van der Waals surface area contributed by atoms with Crippen LogP contribution in [0.2, 0.25) is 0 Å². The van der Waals surface area contributed by atoms with E-state index in [4.69, 9.17) is 10.5 Å². The minimum Gasteiger partial charge on any atom is -0.366 e. The summed E-state index contributed by atoms with van der Waals surface area (Å²) in [4.78, 5) is 14.5. The zero-order chi connectivity index (χ0) is 15.7. The highest BCUT2D eigenvalue weighted by atomic mass is 16.5. The molecule has 1 aliphatic rings. The Hall–Kier alpha value is -1.39. The Bertz CT molecular complexity index is 490. The third-order valence-electron chi connectivity index (χ3n) is 3.66. The second-order valence-corrected chi connectivity index (χ2v) is 7.07. The highest BCUT2D eigenvalue weighted by molar-refractivity contribution is 5.79. The first-order valence-corrected chi connectivity index (χ1v) is 7.47.